The van der Waals surface area contributed by atoms with Gasteiger partial charge in [-0.05, 0) is 24.3 Å². The standard InChI is InChI=1S/C17H16N2O7/c1-24-14-9-11(17(21)26-3)4-6-12(14)18-16(20)10-5-7-13(19(22)23)15(8-10)25-2/h4-9H,1-3H3,(H,18,20). The van der Waals surface area contributed by atoms with E-state index in [1.165, 1.54) is 57.7 Å². The maximum Gasteiger partial charge on any atom is 0.337 e. The average Bonchev–Trinajstić information content (AvgIpc) is 2.66. The van der Waals surface area contributed by atoms with Crippen molar-refractivity contribution in [3.05, 3.63) is 57.6 Å². The van der Waals surface area contributed by atoms with Gasteiger partial charge in [0, 0.05) is 17.7 Å². The molecule has 9 heteroatoms. The Balaban J connectivity index is 2.30. The lowest BCUT2D eigenvalue weighted by atomic mass is 10.1. The molecule has 0 aliphatic carbocycles. The van der Waals surface area contributed by atoms with Gasteiger partial charge in [-0.2, -0.15) is 0 Å². The number of ether oxygens (including phenoxy) is 3. The van der Waals surface area contributed by atoms with Gasteiger partial charge in [-0.3, -0.25) is 14.9 Å². The summed E-state index contributed by atoms with van der Waals surface area (Å²) >= 11 is 0. The normalized spacial score (nSPS) is 9.96. The highest BCUT2D eigenvalue weighted by Crippen LogP contribution is 2.29. The number of methoxy groups -OCH3 is 3. The van der Waals surface area contributed by atoms with Crippen LogP contribution in [-0.4, -0.2) is 38.1 Å². The number of rotatable bonds is 6. The van der Waals surface area contributed by atoms with E-state index in [2.05, 4.69) is 10.1 Å². The highest BCUT2D eigenvalue weighted by atomic mass is 16.6. The van der Waals surface area contributed by atoms with E-state index in [4.69, 9.17) is 9.47 Å². The highest BCUT2D eigenvalue weighted by Gasteiger charge is 2.19. The Labute approximate surface area is 148 Å². The zero-order valence-corrected chi connectivity index (χ0v) is 14.3. The van der Waals surface area contributed by atoms with Crippen LogP contribution in [0.2, 0.25) is 0 Å². The second-order valence-corrected chi connectivity index (χ2v) is 5.00. The second-order valence-electron chi connectivity index (χ2n) is 5.00. The van der Waals surface area contributed by atoms with E-state index >= 15 is 0 Å². The quantitative estimate of drug-likeness (QED) is 0.478. The summed E-state index contributed by atoms with van der Waals surface area (Å²) in [4.78, 5) is 34.3. The van der Waals surface area contributed by atoms with Crippen LogP contribution in [0.15, 0.2) is 36.4 Å². The van der Waals surface area contributed by atoms with Gasteiger partial charge in [0.1, 0.15) is 5.75 Å². The zero-order chi connectivity index (χ0) is 19.3. The Bertz CT molecular complexity index is 864. The van der Waals surface area contributed by atoms with Crippen LogP contribution >= 0.6 is 0 Å². The monoisotopic (exact) mass is 360 g/mol. The Morgan fingerprint density at radius 1 is 0.962 bits per heavy atom. The maximum absolute atomic E-state index is 12.4. The minimum atomic E-state index is -0.602. The molecule has 0 atom stereocenters. The fraction of sp³-hybridized carbons (Fsp3) is 0.176. The van der Waals surface area contributed by atoms with Crippen molar-refractivity contribution in [1.29, 1.82) is 0 Å². The Morgan fingerprint density at radius 2 is 1.58 bits per heavy atom. The predicted molar refractivity (Wildman–Crippen MR) is 91.9 cm³/mol. The van der Waals surface area contributed by atoms with Crippen LogP contribution in [-0.2, 0) is 4.74 Å². The number of benzene rings is 2. The SMILES string of the molecule is COC(=O)c1ccc(NC(=O)c2ccc([N+](=O)[O-])c(OC)c2)c(OC)c1. The number of carbonyl (C=O) groups excluding carboxylic acids is 2. The molecule has 2 rings (SSSR count). The van der Waals surface area contributed by atoms with Gasteiger partial charge in [0.05, 0.1) is 37.5 Å². The molecule has 0 saturated heterocycles. The van der Waals surface area contributed by atoms with E-state index in [9.17, 15) is 19.7 Å². The summed E-state index contributed by atoms with van der Waals surface area (Å²) in [5.41, 5.74) is 0.498. The van der Waals surface area contributed by atoms with Gasteiger partial charge in [-0.15, -0.1) is 0 Å². The van der Waals surface area contributed by atoms with E-state index in [1.807, 2.05) is 0 Å². The Hall–Kier alpha value is -3.62. The Kier molecular flexibility index (Phi) is 5.74. The van der Waals surface area contributed by atoms with Crippen molar-refractivity contribution in [3.8, 4) is 11.5 Å². The van der Waals surface area contributed by atoms with E-state index in [-0.39, 0.29) is 28.3 Å². The minimum Gasteiger partial charge on any atom is -0.495 e. The number of nitrogens with zero attached hydrogens (tertiary/aromatic N) is 1. The summed E-state index contributed by atoms with van der Waals surface area (Å²) in [6.45, 7) is 0. The van der Waals surface area contributed by atoms with Gasteiger partial charge < -0.3 is 19.5 Å². The van der Waals surface area contributed by atoms with Gasteiger partial charge >= 0.3 is 11.7 Å². The van der Waals surface area contributed by atoms with E-state index in [0.717, 1.165) is 0 Å². The van der Waals surface area contributed by atoms with Crippen LogP contribution in [0.1, 0.15) is 20.7 Å². The molecule has 2 aromatic rings. The summed E-state index contributed by atoms with van der Waals surface area (Å²) in [5.74, 6) is -0.839. The van der Waals surface area contributed by atoms with Gasteiger partial charge in [0.25, 0.3) is 5.91 Å². The third kappa shape index (κ3) is 3.89. The molecule has 0 heterocycles. The lowest BCUT2D eigenvalue weighted by Crippen LogP contribution is -2.13. The van der Waals surface area contributed by atoms with E-state index in [0.29, 0.717) is 5.69 Å². The molecule has 0 unspecified atom stereocenters. The fourth-order valence-corrected chi connectivity index (χ4v) is 2.20. The van der Waals surface area contributed by atoms with Crippen molar-refractivity contribution in [1.82, 2.24) is 0 Å². The van der Waals surface area contributed by atoms with Gasteiger partial charge in [0.15, 0.2) is 5.75 Å². The largest absolute Gasteiger partial charge is 0.495 e. The van der Waals surface area contributed by atoms with Crippen LogP contribution in [0.5, 0.6) is 11.5 Å². The first-order valence-electron chi connectivity index (χ1n) is 7.31. The number of amides is 1. The molecule has 0 aliphatic heterocycles. The van der Waals surface area contributed by atoms with Crippen molar-refractivity contribution in [2.24, 2.45) is 0 Å². The third-order valence-electron chi connectivity index (χ3n) is 3.51. The molecule has 9 nitrogen and oxygen atoms in total. The van der Waals surface area contributed by atoms with Gasteiger partial charge in [-0.25, -0.2) is 4.79 Å². The number of hydrogen-bond donors (Lipinski definition) is 1. The number of esters is 1. The lowest BCUT2D eigenvalue weighted by Gasteiger charge is -2.12. The molecule has 26 heavy (non-hydrogen) atoms. The van der Waals surface area contributed by atoms with Crippen molar-refractivity contribution in [3.63, 3.8) is 0 Å². The van der Waals surface area contributed by atoms with Crippen molar-refractivity contribution >= 4 is 23.3 Å². The molecule has 0 fully saturated rings. The molecule has 1 amide bonds. The summed E-state index contributed by atoms with van der Waals surface area (Å²) in [6, 6.07) is 8.16. The molecular formula is C17H16N2O7. The van der Waals surface area contributed by atoms with Crippen molar-refractivity contribution < 1.29 is 28.7 Å². The summed E-state index contributed by atoms with van der Waals surface area (Å²) < 4.78 is 14.8. The van der Waals surface area contributed by atoms with Crippen molar-refractivity contribution in [2.75, 3.05) is 26.6 Å². The number of hydrogen-bond acceptors (Lipinski definition) is 7. The number of nitro groups is 1. The molecule has 0 spiro atoms. The molecule has 0 bridgehead atoms. The van der Waals surface area contributed by atoms with Crippen LogP contribution in [0, 0.1) is 10.1 Å². The fourth-order valence-electron chi connectivity index (χ4n) is 2.20. The zero-order valence-electron chi connectivity index (χ0n) is 14.3. The first-order valence-corrected chi connectivity index (χ1v) is 7.31. The van der Waals surface area contributed by atoms with Gasteiger partial charge in [0.2, 0.25) is 0 Å². The molecule has 0 aromatic heterocycles. The number of nitro benzene ring substituents is 1. The van der Waals surface area contributed by atoms with Gasteiger partial charge in [-0.1, -0.05) is 0 Å². The average molecular weight is 360 g/mol. The lowest BCUT2D eigenvalue weighted by molar-refractivity contribution is -0.385. The molecule has 1 N–H and O–H groups in total. The molecule has 0 saturated carbocycles. The minimum absolute atomic E-state index is 0.0318. The maximum atomic E-state index is 12.4. The van der Waals surface area contributed by atoms with Crippen LogP contribution in [0.25, 0.3) is 0 Å². The third-order valence-corrected chi connectivity index (χ3v) is 3.51. The van der Waals surface area contributed by atoms with Crippen LogP contribution < -0.4 is 14.8 Å². The predicted octanol–water partition coefficient (Wildman–Crippen LogP) is 2.65. The molecule has 136 valence electrons. The summed E-state index contributed by atoms with van der Waals surface area (Å²) in [7, 11) is 3.92. The first kappa shape index (κ1) is 18.7. The van der Waals surface area contributed by atoms with Crippen LogP contribution in [0.4, 0.5) is 11.4 Å². The second kappa shape index (κ2) is 7.97. The number of carbonyl (C=O) groups is 2. The van der Waals surface area contributed by atoms with E-state index < -0.39 is 16.8 Å². The Morgan fingerprint density at radius 3 is 2.15 bits per heavy atom. The summed E-state index contributed by atoms with van der Waals surface area (Å²) in [5, 5.41) is 13.5. The summed E-state index contributed by atoms with van der Waals surface area (Å²) in [6.07, 6.45) is 0. The topological polar surface area (TPSA) is 117 Å². The first-order chi connectivity index (χ1) is 12.4. The van der Waals surface area contributed by atoms with Crippen LogP contribution in [0.3, 0.4) is 0 Å². The van der Waals surface area contributed by atoms with Crippen molar-refractivity contribution in [2.45, 2.75) is 0 Å². The highest BCUT2D eigenvalue weighted by molar-refractivity contribution is 6.05. The van der Waals surface area contributed by atoms with E-state index in [1.54, 1.807) is 0 Å². The number of anilines is 1. The smallest absolute Gasteiger partial charge is 0.337 e. The molecule has 0 aliphatic rings. The molecular weight excluding hydrogens is 344 g/mol. The molecule has 0 radical (unpaired) electrons. The molecule has 2 aromatic carbocycles. The number of nitrogens with one attached hydrogen (secondary N) is 1.